The first-order valence-corrected chi connectivity index (χ1v) is 16.4. The number of hydrogen-bond acceptors (Lipinski definition) is 6. The number of aliphatic hydroxyl groups is 1. The van der Waals surface area contributed by atoms with Crippen molar-refractivity contribution in [1.82, 2.24) is 20.4 Å². The predicted molar refractivity (Wildman–Crippen MR) is 177 cm³/mol. The van der Waals surface area contributed by atoms with Crippen molar-refractivity contribution >= 4 is 30.1 Å². The minimum atomic E-state index is -0.856. The molecule has 3 aliphatic rings. The molecule has 3 fully saturated rings. The van der Waals surface area contributed by atoms with Gasteiger partial charge in [0.2, 0.25) is 11.8 Å². The summed E-state index contributed by atoms with van der Waals surface area (Å²) in [5.41, 5.74) is 0.861. The van der Waals surface area contributed by atoms with Crippen LogP contribution in [0.2, 0.25) is 0 Å². The van der Waals surface area contributed by atoms with Crippen molar-refractivity contribution < 1.29 is 24.2 Å². The fourth-order valence-electron chi connectivity index (χ4n) is 7.06. The van der Waals surface area contributed by atoms with E-state index in [0.29, 0.717) is 55.5 Å². The summed E-state index contributed by atoms with van der Waals surface area (Å²) in [6, 6.07) is 14.1. The van der Waals surface area contributed by atoms with E-state index in [1.807, 2.05) is 29.2 Å². The number of piperidine rings is 1. The van der Waals surface area contributed by atoms with Crippen LogP contribution in [-0.2, 0) is 16.1 Å². The number of carbonyl (C=O) groups excluding carboxylic acids is 3. The molecule has 1 saturated carbocycles. The third-order valence-corrected chi connectivity index (χ3v) is 9.97. The number of amides is 3. The zero-order valence-corrected chi connectivity index (χ0v) is 27.6. The lowest BCUT2D eigenvalue weighted by Gasteiger charge is -2.52. The molecular formula is C35H49ClN4O5. The summed E-state index contributed by atoms with van der Waals surface area (Å²) in [6.45, 7) is 7.02. The van der Waals surface area contributed by atoms with Gasteiger partial charge >= 0.3 is 0 Å². The molecule has 2 aromatic carbocycles. The molecule has 10 heteroatoms. The van der Waals surface area contributed by atoms with Crippen LogP contribution < -0.4 is 15.4 Å². The van der Waals surface area contributed by atoms with Crippen LogP contribution in [0.25, 0.3) is 0 Å². The van der Waals surface area contributed by atoms with Gasteiger partial charge in [0.05, 0.1) is 6.10 Å². The highest BCUT2D eigenvalue weighted by Gasteiger charge is 2.55. The number of benzene rings is 2. The van der Waals surface area contributed by atoms with E-state index < -0.39 is 17.7 Å². The van der Waals surface area contributed by atoms with Gasteiger partial charge in [-0.05, 0) is 85.9 Å². The van der Waals surface area contributed by atoms with Gasteiger partial charge in [0.25, 0.3) is 5.91 Å². The lowest BCUT2D eigenvalue weighted by molar-refractivity contribution is -0.166. The molecule has 1 aliphatic carbocycles. The first-order chi connectivity index (χ1) is 21.2. The van der Waals surface area contributed by atoms with Crippen LogP contribution >= 0.6 is 12.4 Å². The summed E-state index contributed by atoms with van der Waals surface area (Å²) in [5, 5.41) is 16.9. The highest BCUT2D eigenvalue weighted by atomic mass is 35.5. The Labute approximate surface area is 273 Å². The van der Waals surface area contributed by atoms with Crippen molar-refractivity contribution in [2.24, 2.45) is 11.8 Å². The number of halogens is 1. The van der Waals surface area contributed by atoms with Crippen LogP contribution in [0.5, 0.6) is 11.5 Å². The number of aliphatic hydroxyl groups excluding tert-OH is 1. The molecule has 5 rings (SSSR count). The molecule has 2 aliphatic heterocycles. The van der Waals surface area contributed by atoms with Gasteiger partial charge in [0.15, 0.2) is 0 Å². The highest BCUT2D eigenvalue weighted by molar-refractivity contribution is 6.00. The molecule has 2 atom stereocenters. The first-order valence-electron chi connectivity index (χ1n) is 16.4. The van der Waals surface area contributed by atoms with Crippen LogP contribution in [0.1, 0.15) is 81.1 Å². The number of likely N-dealkylation sites (tertiary alicyclic amines) is 1. The summed E-state index contributed by atoms with van der Waals surface area (Å²) < 4.78 is 5.96. The predicted octanol–water partition coefficient (Wildman–Crippen LogP) is 4.91. The Kier molecular flexibility index (Phi) is 11.9. The molecular weight excluding hydrogens is 592 g/mol. The summed E-state index contributed by atoms with van der Waals surface area (Å²) in [4.78, 5) is 43.6. The smallest absolute Gasteiger partial charge is 0.251 e. The number of nitrogens with one attached hydrogen (secondary N) is 2. The first kappa shape index (κ1) is 34.7. The van der Waals surface area contributed by atoms with Gasteiger partial charge in [-0.15, -0.1) is 12.4 Å². The largest absolute Gasteiger partial charge is 0.457 e. The maximum Gasteiger partial charge on any atom is 0.251 e. The Hall–Kier alpha value is -3.14. The quantitative estimate of drug-likeness (QED) is 0.340. The third kappa shape index (κ3) is 7.81. The topological polar surface area (TPSA) is 111 Å². The van der Waals surface area contributed by atoms with Crippen molar-refractivity contribution in [2.45, 2.75) is 89.4 Å². The Bertz CT molecular complexity index is 1290. The summed E-state index contributed by atoms with van der Waals surface area (Å²) in [6.07, 6.45) is 5.99. The van der Waals surface area contributed by atoms with E-state index in [9.17, 15) is 19.5 Å². The van der Waals surface area contributed by atoms with Crippen LogP contribution in [0.15, 0.2) is 48.5 Å². The van der Waals surface area contributed by atoms with Gasteiger partial charge in [-0.2, -0.15) is 0 Å². The Morgan fingerprint density at radius 1 is 1.02 bits per heavy atom. The summed E-state index contributed by atoms with van der Waals surface area (Å²) >= 11 is 0. The van der Waals surface area contributed by atoms with Crippen LogP contribution in [-0.4, -0.2) is 77.0 Å². The molecule has 2 aromatic rings. The van der Waals surface area contributed by atoms with Gasteiger partial charge in [-0.25, -0.2) is 0 Å². The number of ether oxygens (including phenoxy) is 1. The maximum absolute atomic E-state index is 13.9. The molecule has 9 nitrogen and oxygen atoms in total. The molecule has 246 valence electrons. The summed E-state index contributed by atoms with van der Waals surface area (Å²) in [5.74, 6) is 1.71. The molecule has 1 spiro atoms. The number of nitrogens with zero attached hydrogens (tertiary/aromatic N) is 2. The van der Waals surface area contributed by atoms with E-state index in [2.05, 4.69) is 29.4 Å². The Morgan fingerprint density at radius 3 is 2.20 bits per heavy atom. The van der Waals surface area contributed by atoms with E-state index in [0.717, 1.165) is 50.6 Å². The van der Waals surface area contributed by atoms with Crippen LogP contribution in [0, 0.1) is 11.8 Å². The number of piperazine rings is 1. The zero-order valence-electron chi connectivity index (χ0n) is 26.8. The number of hydrogen-bond donors (Lipinski definition) is 3. The number of unbranched alkanes of at least 4 members (excludes halogenated alkanes) is 1. The Morgan fingerprint density at radius 2 is 1.62 bits per heavy atom. The van der Waals surface area contributed by atoms with E-state index in [1.54, 1.807) is 31.3 Å². The van der Waals surface area contributed by atoms with Gasteiger partial charge in [0.1, 0.15) is 23.1 Å². The minimum Gasteiger partial charge on any atom is -0.457 e. The van der Waals surface area contributed by atoms with Crippen LogP contribution in [0.4, 0.5) is 0 Å². The second-order valence-electron chi connectivity index (χ2n) is 13.0. The molecule has 2 saturated heterocycles. The average Bonchev–Trinajstić information content (AvgIpc) is 3.04. The van der Waals surface area contributed by atoms with Crippen molar-refractivity contribution in [3.63, 3.8) is 0 Å². The SMILES string of the molecule is CCCCN1C(=O)[C@@H]([C@H](O)[C@H]2CC[C@H](C)CC2)NC(=O)C12CCN(Cc1ccc(Oc3ccc(C(=O)NC)cc3)cc1)CC2.Cl. The molecule has 3 N–H and O–H groups in total. The second-order valence-corrected chi connectivity index (χ2v) is 13.0. The minimum absolute atomic E-state index is 0. The van der Waals surface area contributed by atoms with E-state index in [-0.39, 0.29) is 36.0 Å². The van der Waals surface area contributed by atoms with E-state index in [1.165, 1.54) is 0 Å². The van der Waals surface area contributed by atoms with E-state index >= 15 is 0 Å². The lowest BCUT2D eigenvalue weighted by atomic mass is 9.76. The third-order valence-electron chi connectivity index (χ3n) is 9.97. The van der Waals surface area contributed by atoms with Gasteiger partial charge in [-0.3, -0.25) is 19.3 Å². The van der Waals surface area contributed by atoms with Crippen molar-refractivity contribution in [3.05, 3.63) is 59.7 Å². The fourth-order valence-corrected chi connectivity index (χ4v) is 7.06. The van der Waals surface area contributed by atoms with Gasteiger partial charge in [0, 0.05) is 38.8 Å². The Balaban J connectivity index is 0.00000461. The lowest BCUT2D eigenvalue weighted by Crippen LogP contribution is -2.75. The van der Waals surface area contributed by atoms with E-state index in [4.69, 9.17) is 4.74 Å². The highest BCUT2D eigenvalue weighted by Crippen LogP contribution is 2.37. The van der Waals surface area contributed by atoms with Crippen LogP contribution in [0.3, 0.4) is 0 Å². The van der Waals surface area contributed by atoms with Crippen molar-refractivity contribution in [3.8, 4) is 11.5 Å². The van der Waals surface area contributed by atoms with Gasteiger partial charge < -0.3 is 25.4 Å². The molecule has 0 bridgehead atoms. The monoisotopic (exact) mass is 640 g/mol. The zero-order chi connectivity index (χ0) is 31.3. The fraction of sp³-hybridized carbons (Fsp3) is 0.571. The van der Waals surface area contributed by atoms with Crippen molar-refractivity contribution in [2.75, 3.05) is 26.7 Å². The molecule has 3 amide bonds. The molecule has 2 heterocycles. The standard InChI is InChI=1S/C35H48N4O5.ClH/c1-4-5-20-39-33(42)30(31(40)26-10-6-24(2)7-11-26)37-34(43)35(39)18-21-38(22-19-35)23-25-8-14-28(15-9-25)44-29-16-12-27(13-17-29)32(41)36-3;/h8-9,12-17,24,26,30-31,40H,4-7,10-11,18-23H2,1-3H3,(H,36,41)(H,37,43);1H/t24-,26-,30-,31-;/m1./s1. The molecule has 0 unspecified atom stereocenters. The number of carbonyl (C=O) groups is 3. The molecule has 0 radical (unpaired) electrons. The second kappa shape index (κ2) is 15.4. The molecule has 45 heavy (non-hydrogen) atoms. The number of rotatable bonds is 10. The molecule has 0 aromatic heterocycles. The summed E-state index contributed by atoms with van der Waals surface area (Å²) in [7, 11) is 1.60. The maximum atomic E-state index is 13.9. The van der Waals surface area contributed by atoms with Crippen molar-refractivity contribution in [1.29, 1.82) is 0 Å². The normalized spacial score (nSPS) is 24.0. The van der Waals surface area contributed by atoms with Gasteiger partial charge in [-0.1, -0.05) is 45.2 Å². The average molecular weight is 641 g/mol.